The van der Waals surface area contributed by atoms with Gasteiger partial charge in [0.25, 0.3) is 5.56 Å². The molecule has 1 aromatic heterocycles. The van der Waals surface area contributed by atoms with Crippen LogP contribution >= 0.6 is 15.9 Å². The summed E-state index contributed by atoms with van der Waals surface area (Å²) in [4.78, 5) is 24.6. The summed E-state index contributed by atoms with van der Waals surface area (Å²) >= 11 is 3.19. The average Bonchev–Trinajstić information content (AvgIpc) is 2.69. The van der Waals surface area contributed by atoms with Gasteiger partial charge in [-0.25, -0.2) is 4.39 Å². The number of halogens is 2. The molecule has 1 heterocycles. The number of rotatable bonds is 7. The van der Waals surface area contributed by atoms with Crippen LogP contribution in [0.2, 0.25) is 0 Å². The van der Waals surface area contributed by atoms with Gasteiger partial charge in [0.15, 0.2) is 5.78 Å². The maximum absolute atomic E-state index is 13.8. The van der Waals surface area contributed by atoms with Crippen LogP contribution in [0.5, 0.6) is 5.75 Å². The summed E-state index contributed by atoms with van der Waals surface area (Å²) in [5, 5.41) is 0.372. The van der Waals surface area contributed by atoms with Gasteiger partial charge in [0.2, 0.25) is 0 Å². The fraction of sp³-hybridized carbons (Fsp3) is 0.143. The molecule has 4 nitrogen and oxygen atoms in total. The van der Waals surface area contributed by atoms with Gasteiger partial charge in [0.05, 0.1) is 6.54 Å². The van der Waals surface area contributed by atoms with E-state index >= 15 is 0 Å². The van der Waals surface area contributed by atoms with Gasteiger partial charge >= 0.3 is 0 Å². The molecule has 0 saturated carbocycles. The molecule has 0 aliphatic rings. The molecule has 0 unspecified atom stereocenters. The van der Waals surface area contributed by atoms with E-state index in [1.54, 1.807) is 18.2 Å². The highest BCUT2D eigenvalue weighted by molar-refractivity contribution is 9.08. The van der Waals surface area contributed by atoms with Crippen molar-refractivity contribution in [2.75, 3.05) is 0 Å². The number of benzene rings is 2. The van der Waals surface area contributed by atoms with E-state index in [1.807, 2.05) is 30.3 Å². The van der Waals surface area contributed by atoms with Gasteiger partial charge < -0.3 is 9.30 Å². The van der Waals surface area contributed by atoms with Gasteiger partial charge in [-0.15, -0.1) is 0 Å². The Labute approximate surface area is 164 Å². The summed E-state index contributed by atoms with van der Waals surface area (Å²) < 4.78 is 20.7. The lowest BCUT2D eigenvalue weighted by Crippen LogP contribution is -2.23. The summed E-state index contributed by atoms with van der Waals surface area (Å²) in [6.07, 6.45) is 1.50. The SMILES string of the molecule is O=C(Cn1ccc(OCc2ccccc2)cc1=O)c1ccc(CBr)c(F)c1. The minimum atomic E-state index is -0.449. The van der Waals surface area contributed by atoms with Gasteiger partial charge in [-0.1, -0.05) is 58.4 Å². The van der Waals surface area contributed by atoms with Crippen molar-refractivity contribution in [2.24, 2.45) is 0 Å². The van der Waals surface area contributed by atoms with Crippen LogP contribution in [0.1, 0.15) is 21.5 Å². The van der Waals surface area contributed by atoms with E-state index in [9.17, 15) is 14.0 Å². The minimum Gasteiger partial charge on any atom is -0.489 e. The van der Waals surface area contributed by atoms with Gasteiger partial charge in [-0.3, -0.25) is 9.59 Å². The lowest BCUT2D eigenvalue weighted by molar-refractivity contribution is 0.0970. The Morgan fingerprint density at radius 2 is 1.85 bits per heavy atom. The number of ketones is 1. The van der Waals surface area contributed by atoms with Crippen molar-refractivity contribution >= 4 is 21.7 Å². The molecule has 0 aliphatic carbocycles. The maximum atomic E-state index is 13.8. The van der Waals surface area contributed by atoms with Crippen molar-refractivity contribution in [1.82, 2.24) is 4.57 Å². The zero-order chi connectivity index (χ0) is 19.2. The van der Waals surface area contributed by atoms with Crippen LogP contribution in [-0.4, -0.2) is 10.4 Å². The van der Waals surface area contributed by atoms with Crippen LogP contribution in [0.15, 0.2) is 71.7 Å². The van der Waals surface area contributed by atoms with Gasteiger partial charge in [0, 0.05) is 23.2 Å². The van der Waals surface area contributed by atoms with Crippen LogP contribution in [0, 0.1) is 5.82 Å². The molecule has 138 valence electrons. The smallest absolute Gasteiger partial charge is 0.254 e. The fourth-order valence-electron chi connectivity index (χ4n) is 2.53. The third-order valence-corrected chi connectivity index (χ3v) is 4.65. The van der Waals surface area contributed by atoms with E-state index in [-0.39, 0.29) is 23.5 Å². The third-order valence-electron chi connectivity index (χ3n) is 4.05. The molecule has 2 aromatic carbocycles. The molecule has 0 atom stereocenters. The molecule has 0 aliphatic heterocycles. The summed E-state index contributed by atoms with van der Waals surface area (Å²) in [7, 11) is 0. The maximum Gasteiger partial charge on any atom is 0.254 e. The molecule has 3 aromatic rings. The zero-order valence-corrected chi connectivity index (χ0v) is 16.0. The lowest BCUT2D eigenvalue weighted by Gasteiger charge is -2.09. The van der Waals surface area contributed by atoms with Crippen molar-refractivity contribution in [3.05, 3.63) is 99.7 Å². The summed E-state index contributed by atoms with van der Waals surface area (Å²) in [5.41, 5.74) is 1.34. The Morgan fingerprint density at radius 1 is 1.07 bits per heavy atom. The monoisotopic (exact) mass is 429 g/mol. The van der Waals surface area contributed by atoms with Crippen molar-refractivity contribution in [3.63, 3.8) is 0 Å². The van der Waals surface area contributed by atoms with E-state index in [1.165, 1.54) is 22.9 Å². The summed E-state index contributed by atoms with van der Waals surface area (Å²) in [5.74, 6) is -0.356. The van der Waals surface area contributed by atoms with Crippen LogP contribution in [0.25, 0.3) is 0 Å². The molecular formula is C21H17BrFNO3. The topological polar surface area (TPSA) is 48.3 Å². The molecular weight excluding hydrogens is 413 g/mol. The van der Waals surface area contributed by atoms with Crippen LogP contribution < -0.4 is 10.3 Å². The molecule has 0 saturated heterocycles. The summed E-state index contributed by atoms with van der Waals surface area (Å²) in [6, 6.07) is 16.9. The van der Waals surface area contributed by atoms with E-state index in [0.717, 1.165) is 5.56 Å². The van der Waals surface area contributed by atoms with Crippen molar-refractivity contribution < 1.29 is 13.9 Å². The van der Waals surface area contributed by atoms with Gasteiger partial charge in [-0.05, 0) is 23.3 Å². The predicted molar refractivity (Wildman–Crippen MR) is 105 cm³/mol. The molecule has 0 radical (unpaired) electrons. The Bertz CT molecular complexity index is 1000. The Balaban J connectivity index is 1.68. The quantitative estimate of drug-likeness (QED) is 0.414. The second-order valence-electron chi connectivity index (χ2n) is 5.97. The highest BCUT2D eigenvalue weighted by Gasteiger charge is 2.11. The normalized spacial score (nSPS) is 10.6. The number of hydrogen-bond donors (Lipinski definition) is 0. The van der Waals surface area contributed by atoms with E-state index in [2.05, 4.69) is 15.9 Å². The van der Waals surface area contributed by atoms with Crippen LogP contribution in [0.3, 0.4) is 0 Å². The number of alkyl halides is 1. The minimum absolute atomic E-state index is 0.162. The molecule has 0 N–H and O–H groups in total. The standard InChI is InChI=1S/C21H17BrFNO3/c22-12-17-7-6-16(10-19(17)23)20(25)13-24-9-8-18(11-21(24)26)27-14-15-4-2-1-3-5-15/h1-11H,12-14H2. The molecule has 0 fully saturated rings. The average molecular weight is 430 g/mol. The number of pyridine rings is 1. The third kappa shape index (κ3) is 4.92. The first-order valence-corrected chi connectivity index (χ1v) is 9.44. The Kier molecular flexibility index (Phi) is 6.19. The highest BCUT2D eigenvalue weighted by atomic mass is 79.9. The van der Waals surface area contributed by atoms with Gasteiger partial charge in [-0.2, -0.15) is 0 Å². The molecule has 27 heavy (non-hydrogen) atoms. The van der Waals surface area contributed by atoms with Crippen LogP contribution in [0.4, 0.5) is 4.39 Å². The van der Waals surface area contributed by atoms with Gasteiger partial charge in [0.1, 0.15) is 18.2 Å². The second-order valence-corrected chi connectivity index (χ2v) is 6.53. The van der Waals surface area contributed by atoms with E-state index in [4.69, 9.17) is 4.74 Å². The Morgan fingerprint density at radius 3 is 2.52 bits per heavy atom. The first-order valence-electron chi connectivity index (χ1n) is 8.31. The molecule has 0 spiro atoms. The number of aromatic nitrogens is 1. The van der Waals surface area contributed by atoms with E-state index < -0.39 is 5.82 Å². The Hall–Kier alpha value is -2.73. The van der Waals surface area contributed by atoms with Crippen LogP contribution in [-0.2, 0) is 18.5 Å². The first kappa shape index (κ1) is 19.0. The molecule has 0 bridgehead atoms. The van der Waals surface area contributed by atoms with Crippen molar-refractivity contribution in [3.8, 4) is 5.75 Å². The predicted octanol–water partition coefficient (Wildman–Crippen LogP) is 4.34. The van der Waals surface area contributed by atoms with Crippen molar-refractivity contribution in [1.29, 1.82) is 0 Å². The van der Waals surface area contributed by atoms with Crippen molar-refractivity contribution in [2.45, 2.75) is 18.5 Å². The fourth-order valence-corrected chi connectivity index (χ4v) is 2.98. The number of ether oxygens (including phenoxy) is 1. The number of carbonyl (C=O) groups is 1. The number of Topliss-reactive ketones (excluding diaryl/α,β-unsaturated/α-hetero) is 1. The number of hydrogen-bond acceptors (Lipinski definition) is 3. The molecule has 0 amide bonds. The summed E-state index contributed by atoms with van der Waals surface area (Å²) in [6.45, 7) is 0.188. The number of nitrogens with zero attached hydrogens (tertiary/aromatic N) is 1. The first-order chi connectivity index (χ1) is 13.1. The van der Waals surface area contributed by atoms with E-state index in [0.29, 0.717) is 23.2 Å². The molecule has 3 rings (SSSR count). The second kappa shape index (κ2) is 8.77. The molecule has 6 heteroatoms. The zero-order valence-electron chi connectivity index (χ0n) is 14.4. The highest BCUT2D eigenvalue weighted by Crippen LogP contribution is 2.15. The lowest BCUT2D eigenvalue weighted by atomic mass is 10.1. The number of carbonyl (C=O) groups excluding carboxylic acids is 1. The largest absolute Gasteiger partial charge is 0.489 e.